The number of nitrogens with zero attached hydrogens (tertiary/aromatic N) is 4. The summed E-state index contributed by atoms with van der Waals surface area (Å²) in [5.74, 6) is 0.116. The number of hydrogen-bond acceptors (Lipinski definition) is 6. The first kappa shape index (κ1) is 15.9. The number of carbonyl (C=O) groups is 1. The lowest BCUT2D eigenvalue weighted by atomic mass is 10.2. The molecule has 0 atom stereocenters. The van der Waals surface area contributed by atoms with E-state index in [1.165, 1.54) is 6.20 Å². The van der Waals surface area contributed by atoms with Crippen LogP contribution in [0, 0.1) is 18.3 Å². The molecular weight excluding hydrogens is 256 g/mol. The predicted octanol–water partition coefficient (Wildman–Crippen LogP) is 2.09. The van der Waals surface area contributed by atoms with E-state index in [1.54, 1.807) is 13.8 Å². The van der Waals surface area contributed by atoms with Crippen LogP contribution >= 0.6 is 0 Å². The molecule has 6 nitrogen and oxygen atoms in total. The van der Waals surface area contributed by atoms with Crippen LogP contribution in [0.3, 0.4) is 0 Å². The molecule has 108 valence electrons. The molecule has 0 saturated carbocycles. The van der Waals surface area contributed by atoms with Crippen molar-refractivity contribution in [1.82, 2.24) is 9.97 Å². The summed E-state index contributed by atoms with van der Waals surface area (Å²) in [4.78, 5) is 22.2. The van der Waals surface area contributed by atoms with Crippen LogP contribution in [0.1, 0.15) is 43.2 Å². The SMILES string of the molecule is CCOC(=O)c1cnc(N(CCC#N)C(C)C)nc1C. The molecular formula is C14H20N4O2. The van der Waals surface area contributed by atoms with Crippen LogP contribution in [-0.2, 0) is 4.74 Å². The fourth-order valence-corrected chi connectivity index (χ4v) is 1.76. The van der Waals surface area contributed by atoms with Gasteiger partial charge in [0.05, 0.1) is 30.4 Å². The number of aromatic nitrogens is 2. The van der Waals surface area contributed by atoms with Gasteiger partial charge in [0.15, 0.2) is 0 Å². The maximum atomic E-state index is 11.7. The molecule has 1 rings (SSSR count). The van der Waals surface area contributed by atoms with Crippen molar-refractivity contribution < 1.29 is 9.53 Å². The zero-order valence-electron chi connectivity index (χ0n) is 12.4. The van der Waals surface area contributed by atoms with E-state index in [2.05, 4.69) is 16.0 Å². The Morgan fingerprint density at radius 1 is 1.55 bits per heavy atom. The Morgan fingerprint density at radius 3 is 2.75 bits per heavy atom. The van der Waals surface area contributed by atoms with Gasteiger partial charge in [-0.2, -0.15) is 5.26 Å². The van der Waals surface area contributed by atoms with Crippen molar-refractivity contribution in [3.8, 4) is 6.07 Å². The molecule has 0 aliphatic carbocycles. The molecule has 0 saturated heterocycles. The van der Waals surface area contributed by atoms with Gasteiger partial charge in [-0.25, -0.2) is 14.8 Å². The van der Waals surface area contributed by atoms with Crippen LogP contribution in [0.5, 0.6) is 0 Å². The average molecular weight is 276 g/mol. The Morgan fingerprint density at radius 2 is 2.25 bits per heavy atom. The molecule has 6 heteroatoms. The molecule has 1 aromatic rings. The minimum Gasteiger partial charge on any atom is -0.462 e. The molecule has 1 heterocycles. The number of esters is 1. The van der Waals surface area contributed by atoms with Gasteiger partial charge in [-0.1, -0.05) is 0 Å². The molecule has 0 bridgehead atoms. The number of ether oxygens (including phenoxy) is 1. The van der Waals surface area contributed by atoms with Crippen LogP contribution in [0.15, 0.2) is 6.20 Å². The summed E-state index contributed by atoms with van der Waals surface area (Å²) >= 11 is 0. The Balaban J connectivity index is 3.00. The molecule has 0 N–H and O–H groups in total. The van der Waals surface area contributed by atoms with Crippen molar-refractivity contribution in [1.29, 1.82) is 5.26 Å². The normalized spacial score (nSPS) is 10.2. The summed E-state index contributed by atoms with van der Waals surface area (Å²) in [5, 5.41) is 8.70. The Hall–Kier alpha value is -2.16. The van der Waals surface area contributed by atoms with Crippen molar-refractivity contribution in [2.24, 2.45) is 0 Å². The van der Waals surface area contributed by atoms with Gasteiger partial charge in [0.1, 0.15) is 0 Å². The quantitative estimate of drug-likeness (QED) is 0.740. The van der Waals surface area contributed by atoms with Crippen LogP contribution in [0.4, 0.5) is 5.95 Å². The van der Waals surface area contributed by atoms with E-state index < -0.39 is 5.97 Å². The summed E-state index contributed by atoms with van der Waals surface area (Å²) in [7, 11) is 0. The lowest BCUT2D eigenvalue weighted by molar-refractivity contribution is 0.0524. The Kier molecular flexibility index (Phi) is 5.91. The van der Waals surface area contributed by atoms with Crippen molar-refractivity contribution in [2.45, 2.75) is 40.2 Å². The van der Waals surface area contributed by atoms with E-state index in [0.717, 1.165) is 0 Å². The molecule has 0 aliphatic rings. The van der Waals surface area contributed by atoms with Crippen LogP contribution in [0.25, 0.3) is 0 Å². The largest absolute Gasteiger partial charge is 0.462 e. The number of carbonyl (C=O) groups excluding carboxylic acids is 1. The number of aryl methyl sites for hydroxylation is 1. The monoisotopic (exact) mass is 276 g/mol. The highest BCUT2D eigenvalue weighted by Crippen LogP contribution is 2.15. The summed E-state index contributed by atoms with van der Waals surface area (Å²) in [5.41, 5.74) is 0.954. The first-order valence-corrected chi connectivity index (χ1v) is 6.65. The molecule has 0 aliphatic heterocycles. The smallest absolute Gasteiger partial charge is 0.341 e. The van der Waals surface area contributed by atoms with Gasteiger partial charge in [0.2, 0.25) is 5.95 Å². The minimum atomic E-state index is -0.412. The average Bonchev–Trinajstić information content (AvgIpc) is 2.39. The highest BCUT2D eigenvalue weighted by molar-refractivity contribution is 5.90. The summed E-state index contributed by atoms with van der Waals surface area (Å²) in [6.45, 7) is 8.41. The molecule has 0 fully saturated rings. The standard InChI is InChI=1S/C14H20N4O2/c1-5-20-13(19)12-9-16-14(17-11(12)4)18(10(2)3)8-6-7-15/h9-10H,5-6,8H2,1-4H3. The fraction of sp³-hybridized carbons (Fsp3) is 0.571. The molecule has 1 aromatic heterocycles. The second kappa shape index (κ2) is 7.43. The molecule has 0 aromatic carbocycles. The maximum absolute atomic E-state index is 11.7. The van der Waals surface area contributed by atoms with Crippen LogP contribution in [-0.4, -0.2) is 35.1 Å². The summed E-state index contributed by atoms with van der Waals surface area (Å²) < 4.78 is 4.95. The van der Waals surface area contributed by atoms with Crippen LogP contribution < -0.4 is 4.90 Å². The van der Waals surface area contributed by atoms with E-state index in [1.807, 2.05) is 18.7 Å². The summed E-state index contributed by atoms with van der Waals surface area (Å²) in [6, 6.07) is 2.29. The number of anilines is 1. The van der Waals surface area contributed by atoms with Gasteiger partial charge in [-0.15, -0.1) is 0 Å². The highest BCUT2D eigenvalue weighted by atomic mass is 16.5. The van der Waals surface area contributed by atoms with Crippen molar-refractivity contribution in [3.05, 3.63) is 17.5 Å². The lowest BCUT2D eigenvalue weighted by Crippen LogP contribution is -2.33. The molecule has 0 radical (unpaired) electrons. The van der Waals surface area contributed by atoms with Crippen molar-refractivity contribution in [2.75, 3.05) is 18.1 Å². The zero-order valence-corrected chi connectivity index (χ0v) is 12.4. The minimum absolute atomic E-state index is 0.177. The second-order valence-electron chi connectivity index (χ2n) is 4.58. The van der Waals surface area contributed by atoms with Gasteiger partial charge in [0.25, 0.3) is 0 Å². The van der Waals surface area contributed by atoms with Crippen molar-refractivity contribution in [3.63, 3.8) is 0 Å². The van der Waals surface area contributed by atoms with E-state index in [-0.39, 0.29) is 6.04 Å². The Bertz CT molecular complexity index is 508. The molecule has 0 amide bonds. The third kappa shape index (κ3) is 3.92. The third-order valence-corrected chi connectivity index (χ3v) is 2.81. The third-order valence-electron chi connectivity index (χ3n) is 2.81. The number of hydrogen-bond donors (Lipinski definition) is 0. The van der Waals surface area contributed by atoms with Crippen LogP contribution in [0.2, 0.25) is 0 Å². The number of nitriles is 1. The molecule has 0 unspecified atom stereocenters. The maximum Gasteiger partial charge on any atom is 0.341 e. The van der Waals surface area contributed by atoms with Gasteiger partial charge in [0, 0.05) is 18.8 Å². The van der Waals surface area contributed by atoms with E-state index in [4.69, 9.17) is 10.00 Å². The molecule has 20 heavy (non-hydrogen) atoms. The second-order valence-corrected chi connectivity index (χ2v) is 4.58. The highest BCUT2D eigenvalue weighted by Gasteiger charge is 2.17. The van der Waals surface area contributed by atoms with Gasteiger partial charge in [-0.05, 0) is 27.7 Å². The molecule has 0 spiro atoms. The van der Waals surface area contributed by atoms with E-state index >= 15 is 0 Å². The van der Waals surface area contributed by atoms with E-state index in [9.17, 15) is 4.79 Å². The van der Waals surface area contributed by atoms with Gasteiger partial charge in [-0.3, -0.25) is 0 Å². The summed E-state index contributed by atoms with van der Waals surface area (Å²) in [6.07, 6.45) is 1.89. The number of rotatable bonds is 6. The zero-order chi connectivity index (χ0) is 15.1. The van der Waals surface area contributed by atoms with Crippen molar-refractivity contribution >= 4 is 11.9 Å². The lowest BCUT2D eigenvalue weighted by Gasteiger charge is -2.26. The topological polar surface area (TPSA) is 79.1 Å². The van der Waals surface area contributed by atoms with Gasteiger partial charge < -0.3 is 9.64 Å². The van der Waals surface area contributed by atoms with Gasteiger partial charge >= 0.3 is 5.97 Å². The fourth-order valence-electron chi connectivity index (χ4n) is 1.76. The predicted molar refractivity (Wildman–Crippen MR) is 75.4 cm³/mol. The Labute approximate surface area is 119 Å². The first-order valence-electron chi connectivity index (χ1n) is 6.65. The van der Waals surface area contributed by atoms with E-state index in [0.29, 0.717) is 36.8 Å². The first-order chi connectivity index (χ1) is 9.51.